The van der Waals surface area contributed by atoms with Crippen molar-refractivity contribution in [3.05, 3.63) is 47.8 Å². The normalized spacial score (nSPS) is 22.1. The van der Waals surface area contributed by atoms with E-state index in [-0.39, 0.29) is 36.7 Å². The Morgan fingerprint density at radius 2 is 2.17 bits per heavy atom. The van der Waals surface area contributed by atoms with Crippen LogP contribution in [0.15, 0.2) is 36.4 Å². The van der Waals surface area contributed by atoms with Gasteiger partial charge in [-0.15, -0.1) is 0 Å². The summed E-state index contributed by atoms with van der Waals surface area (Å²) in [5, 5.41) is 11.8. The Morgan fingerprint density at radius 3 is 2.83 bits per heavy atom. The van der Waals surface area contributed by atoms with E-state index in [0.29, 0.717) is 12.0 Å². The van der Waals surface area contributed by atoms with Crippen molar-refractivity contribution in [1.82, 2.24) is 5.32 Å². The third-order valence-electron chi connectivity index (χ3n) is 3.06. The van der Waals surface area contributed by atoms with Gasteiger partial charge in [0.25, 0.3) is 0 Å². The van der Waals surface area contributed by atoms with Crippen LogP contribution in [-0.2, 0) is 11.2 Å². The molecular weight excluding hydrogens is 233 g/mol. The molecule has 0 aliphatic heterocycles. The molecule has 0 aromatic heterocycles. The number of nitrogens with one attached hydrogen (secondary N) is 1. The van der Waals surface area contributed by atoms with Crippen molar-refractivity contribution in [3.8, 4) is 0 Å². The highest BCUT2D eigenvalue weighted by Gasteiger charge is 2.20. The highest BCUT2D eigenvalue weighted by Crippen LogP contribution is 2.17. The van der Waals surface area contributed by atoms with Crippen LogP contribution < -0.4 is 5.32 Å². The monoisotopic (exact) mass is 249 g/mol. The first-order valence-corrected chi connectivity index (χ1v) is 6.01. The van der Waals surface area contributed by atoms with Crippen molar-refractivity contribution in [3.63, 3.8) is 0 Å². The minimum Gasteiger partial charge on any atom is -0.396 e. The first-order chi connectivity index (χ1) is 8.69. The number of aliphatic hydroxyl groups is 1. The number of benzene rings is 1. The lowest BCUT2D eigenvalue weighted by atomic mass is 10.1. The predicted molar refractivity (Wildman–Crippen MR) is 66.4 cm³/mol. The largest absolute Gasteiger partial charge is 0.396 e. The fourth-order valence-electron chi connectivity index (χ4n) is 2.09. The minimum absolute atomic E-state index is 0.0425. The van der Waals surface area contributed by atoms with Gasteiger partial charge in [0.05, 0.1) is 6.42 Å². The zero-order valence-electron chi connectivity index (χ0n) is 9.97. The van der Waals surface area contributed by atoms with Gasteiger partial charge in [0.1, 0.15) is 5.82 Å². The van der Waals surface area contributed by atoms with Crippen molar-refractivity contribution >= 4 is 5.91 Å². The number of carbonyl (C=O) groups is 1. The molecule has 0 spiro atoms. The van der Waals surface area contributed by atoms with Gasteiger partial charge < -0.3 is 10.4 Å². The summed E-state index contributed by atoms with van der Waals surface area (Å²) >= 11 is 0. The van der Waals surface area contributed by atoms with Gasteiger partial charge in [-0.1, -0.05) is 30.4 Å². The van der Waals surface area contributed by atoms with E-state index >= 15 is 0 Å². The van der Waals surface area contributed by atoms with Crippen molar-refractivity contribution in [1.29, 1.82) is 0 Å². The summed E-state index contributed by atoms with van der Waals surface area (Å²) in [6.07, 6.45) is 4.52. The Balaban J connectivity index is 1.87. The maximum atomic E-state index is 13.4. The molecule has 1 aliphatic carbocycles. The molecule has 3 nitrogen and oxygen atoms in total. The lowest BCUT2D eigenvalue weighted by molar-refractivity contribution is -0.120. The molecule has 1 aliphatic rings. The summed E-state index contributed by atoms with van der Waals surface area (Å²) in [7, 11) is 0. The lowest BCUT2D eigenvalue weighted by Crippen LogP contribution is -2.34. The van der Waals surface area contributed by atoms with Crippen molar-refractivity contribution in [2.75, 3.05) is 6.61 Å². The van der Waals surface area contributed by atoms with E-state index in [1.807, 2.05) is 12.2 Å². The van der Waals surface area contributed by atoms with E-state index in [0.717, 1.165) is 0 Å². The minimum atomic E-state index is -0.358. The number of rotatable bonds is 4. The van der Waals surface area contributed by atoms with Crippen LogP contribution in [0.25, 0.3) is 0 Å². The molecule has 96 valence electrons. The van der Waals surface area contributed by atoms with E-state index in [1.165, 1.54) is 6.07 Å². The fourth-order valence-corrected chi connectivity index (χ4v) is 2.09. The quantitative estimate of drug-likeness (QED) is 0.793. The van der Waals surface area contributed by atoms with Crippen LogP contribution in [0, 0.1) is 11.7 Å². The Kier molecular flexibility index (Phi) is 4.10. The maximum Gasteiger partial charge on any atom is 0.224 e. The number of carbonyl (C=O) groups excluding carboxylic acids is 1. The first-order valence-electron chi connectivity index (χ1n) is 6.01. The molecule has 1 aromatic carbocycles. The second-order valence-corrected chi connectivity index (χ2v) is 4.51. The zero-order valence-corrected chi connectivity index (χ0v) is 9.97. The molecule has 0 radical (unpaired) electrons. The molecule has 4 heteroatoms. The molecule has 2 rings (SSSR count). The van der Waals surface area contributed by atoms with Crippen molar-refractivity contribution < 1.29 is 14.3 Å². The topological polar surface area (TPSA) is 49.3 Å². The van der Waals surface area contributed by atoms with Crippen LogP contribution in [0.2, 0.25) is 0 Å². The Morgan fingerprint density at radius 1 is 1.39 bits per heavy atom. The first kappa shape index (κ1) is 12.8. The summed E-state index contributed by atoms with van der Waals surface area (Å²) in [6.45, 7) is 0.0934. The molecule has 18 heavy (non-hydrogen) atoms. The second-order valence-electron chi connectivity index (χ2n) is 4.51. The van der Waals surface area contributed by atoms with E-state index < -0.39 is 0 Å². The number of aliphatic hydroxyl groups excluding tert-OH is 1. The van der Waals surface area contributed by atoms with Crippen molar-refractivity contribution in [2.24, 2.45) is 5.92 Å². The van der Waals surface area contributed by atoms with Crippen LogP contribution in [0.3, 0.4) is 0 Å². The molecule has 2 atom stereocenters. The zero-order chi connectivity index (χ0) is 13.0. The molecule has 1 aromatic rings. The molecule has 0 unspecified atom stereocenters. The van der Waals surface area contributed by atoms with E-state index in [4.69, 9.17) is 5.11 Å². The summed E-state index contributed by atoms with van der Waals surface area (Å²) in [6, 6.07) is 6.21. The second kappa shape index (κ2) is 5.78. The highest BCUT2D eigenvalue weighted by molar-refractivity contribution is 5.79. The average molecular weight is 249 g/mol. The smallest absolute Gasteiger partial charge is 0.224 e. The lowest BCUT2D eigenvalue weighted by Gasteiger charge is -2.12. The maximum absolute atomic E-state index is 13.4. The summed E-state index contributed by atoms with van der Waals surface area (Å²) < 4.78 is 13.4. The molecular formula is C14H16FNO2. The Hall–Kier alpha value is -1.68. The molecule has 0 saturated heterocycles. The summed E-state index contributed by atoms with van der Waals surface area (Å²) in [5.74, 6) is -0.444. The standard InChI is InChI=1S/C14H16FNO2/c15-13-4-2-1-3-11(13)8-14(18)16-12-6-5-10(7-12)9-17/h1-6,10,12,17H,7-9H2,(H,16,18)/t10-,12+/m0/s1. The van der Waals surface area contributed by atoms with Crippen LogP contribution >= 0.6 is 0 Å². The molecule has 1 amide bonds. The Bertz CT molecular complexity index is 459. The van der Waals surface area contributed by atoms with Gasteiger partial charge in [0.2, 0.25) is 5.91 Å². The SMILES string of the molecule is O=C(Cc1ccccc1F)N[C@@H]1C=C[C@H](CO)C1. The summed E-state index contributed by atoms with van der Waals surface area (Å²) in [5.41, 5.74) is 0.399. The van der Waals surface area contributed by atoms with E-state index in [2.05, 4.69) is 5.32 Å². The number of halogens is 1. The molecule has 0 bridgehead atoms. The number of hydrogen-bond acceptors (Lipinski definition) is 2. The van der Waals surface area contributed by atoms with Gasteiger partial charge in [-0.3, -0.25) is 4.79 Å². The van der Waals surface area contributed by atoms with Gasteiger partial charge >= 0.3 is 0 Å². The number of amides is 1. The van der Waals surface area contributed by atoms with Crippen molar-refractivity contribution in [2.45, 2.75) is 18.9 Å². The molecule has 0 fully saturated rings. The molecule has 0 heterocycles. The van der Waals surface area contributed by atoms with Gasteiger partial charge in [0, 0.05) is 18.6 Å². The third kappa shape index (κ3) is 3.17. The molecule has 2 N–H and O–H groups in total. The van der Waals surface area contributed by atoms with Gasteiger partial charge in [0.15, 0.2) is 0 Å². The third-order valence-corrected chi connectivity index (χ3v) is 3.06. The van der Waals surface area contributed by atoms with Crippen LogP contribution in [0.5, 0.6) is 0 Å². The Labute approximate surface area is 105 Å². The van der Waals surface area contributed by atoms with Gasteiger partial charge in [-0.25, -0.2) is 4.39 Å². The van der Waals surface area contributed by atoms with Crippen LogP contribution in [0.1, 0.15) is 12.0 Å². The molecule has 0 saturated carbocycles. The number of hydrogen-bond donors (Lipinski definition) is 2. The van der Waals surface area contributed by atoms with Gasteiger partial charge in [-0.2, -0.15) is 0 Å². The van der Waals surface area contributed by atoms with E-state index in [9.17, 15) is 9.18 Å². The van der Waals surface area contributed by atoms with E-state index in [1.54, 1.807) is 18.2 Å². The highest BCUT2D eigenvalue weighted by atomic mass is 19.1. The van der Waals surface area contributed by atoms with Crippen LogP contribution in [-0.4, -0.2) is 23.7 Å². The average Bonchev–Trinajstić information content (AvgIpc) is 2.80. The van der Waals surface area contributed by atoms with Gasteiger partial charge in [-0.05, 0) is 18.1 Å². The predicted octanol–water partition coefficient (Wildman–Crippen LogP) is 1.42. The summed E-state index contributed by atoms with van der Waals surface area (Å²) in [4.78, 5) is 11.7. The van der Waals surface area contributed by atoms with Crippen LogP contribution in [0.4, 0.5) is 4.39 Å². The fraction of sp³-hybridized carbons (Fsp3) is 0.357.